The molecule has 2 aromatic rings. The van der Waals surface area contributed by atoms with Crippen LogP contribution in [-0.2, 0) is 4.79 Å². The second-order valence-electron chi connectivity index (χ2n) is 5.89. The molecule has 0 aliphatic heterocycles. The highest BCUT2D eigenvalue weighted by molar-refractivity contribution is 6.01. The SMILES string of the molecule is COc1ccc(C(=O)N/N=C(/C)CC(=O)NC(C)c2ccccc2)cc1. The monoisotopic (exact) mass is 353 g/mol. The van der Waals surface area contributed by atoms with Gasteiger partial charge in [-0.1, -0.05) is 30.3 Å². The first-order chi connectivity index (χ1) is 12.5. The van der Waals surface area contributed by atoms with Gasteiger partial charge < -0.3 is 10.1 Å². The fourth-order valence-corrected chi connectivity index (χ4v) is 2.34. The van der Waals surface area contributed by atoms with E-state index in [4.69, 9.17) is 4.74 Å². The fraction of sp³-hybridized carbons (Fsp3) is 0.250. The summed E-state index contributed by atoms with van der Waals surface area (Å²) in [5, 5.41) is 6.90. The van der Waals surface area contributed by atoms with Gasteiger partial charge in [-0.15, -0.1) is 0 Å². The van der Waals surface area contributed by atoms with Crippen LogP contribution in [-0.4, -0.2) is 24.6 Å². The summed E-state index contributed by atoms with van der Waals surface area (Å²) >= 11 is 0. The molecule has 0 saturated heterocycles. The third kappa shape index (κ3) is 5.73. The van der Waals surface area contributed by atoms with Gasteiger partial charge in [0.25, 0.3) is 5.91 Å². The maximum absolute atomic E-state index is 12.1. The average molecular weight is 353 g/mol. The molecule has 2 amide bonds. The van der Waals surface area contributed by atoms with Crippen LogP contribution < -0.4 is 15.5 Å². The molecule has 0 radical (unpaired) electrons. The molecular formula is C20H23N3O3. The van der Waals surface area contributed by atoms with Gasteiger partial charge in [0, 0.05) is 11.3 Å². The number of nitrogens with one attached hydrogen (secondary N) is 2. The van der Waals surface area contributed by atoms with Crippen molar-refractivity contribution in [2.24, 2.45) is 5.10 Å². The Balaban J connectivity index is 1.84. The van der Waals surface area contributed by atoms with Crippen LogP contribution in [0.15, 0.2) is 59.7 Å². The quantitative estimate of drug-likeness (QED) is 0.593. The zero-order valence-electron chi connectivity index (χ0n) is 15.2. The summed E-state index contributed by atoms with van der Waals surface area (Å²) in [5.74, 6) is 0.178. The van der Waals surface area contributed by atoms with E-state index in [1.807, 2.05) is 37.3 Å². The minimum atomic E-state index is -0.343. The van der Waals surface area contributed by atoms with Crippen LogP contribution in [0.1, 0.15) is 42.2 Å². The van der Waals surface area contributed by atoms with E-state index in [0.717, 1.165) is 5.56 Å². The number of ether oxygens (including phenoxy) is 1. The second-order valence-corrected chi connectivity index (χ2v) is 5.89. The molecule has 1 unspecified atom stereocenters. The van der Waals surface area contributed by atoms with Gasteiger partial charge in [0.1, 0.15) is 5.75 Å². The van der Waals surface area contributed by atoms with Crippen molar-refractivity contribution in [3.05, 3.63) is 65.7 Å². The van der Waals surface area contributed by atoms with Gasteiger partial charge in [-0.25, -0.2) is 5.43 Å². The highest BCUT2D eigenvalue weighted by Gasteiger charge is 2.11. The lowest BCUT2D eigenvalue weighted by Gasteiger charge is -2.14. The average Bonchev–Trinajstić information content (AvgIpc) is 2.66. The standard InChI is InChI=1S/C20H23N3O3/c1-14(13-19(24)21-15(2)16-7-5-4-6-8-16)22-23-20(25)17-9-11-18(26-3)12-10-17/h4-12,15H,13H2,1-3H3,(H,21,24)(H,23,25)/b22-14-. The molecule has 2 rings (SSSR count). The minimum absolute atomic E-state index is 0.0922. The highest BCUT2D eigenvalue weighted by Crippen LogP contribution is 2.12. The van der Waals surface area contributed by atoms with Crippen molar-refractivity contribution < 1.29 is 14.3 Å². The summed E-state index contributed by atoms with van der Waals surface area (Å²) in [6.45, 7) is 3.62. The van der Waals surface area contributed by atoms with Crippen LogP contribution in [0.4, 0.5) is 0 Å². The lowest BCUT2D eigenvalue weighted by atomic mass is 10.1. The Labute approximate surface area is 153 Å². The maximum atomic E-state index is 12.1. The first-order valence-electron chi connectivity index (χ1n) is 8.31. The Morgan fingerprint density at radius 3 is 2.35 bits per heavy atom. The molecule has 6 nitrogen and oxygen atoms in total. The lowest BCUT2D eigenvalue weighted by molar-refractivity contribution is -0.120. The Kier molecular flexibility index (Phi) is 6.91. The van der Waals surface area contributed by atoms with Crippen molar-refractivity contribution in [3.63, 3.8) is 0 Å². The second kappa shape index (κ2) is 9.36. The summed E-state index contributed by atoms with van der Waals surface area (Å²) in [4.78, 5) is 24.1. The minimum Gasteiger partial charge on any atom is -0.497 e. The number of hydrazone groups is 1. The molecule has 0 bridgehead atoms. The van der Waals surface area contributed by atoms with Crippen LogP contribution >= 0.6 is 0 Å². The van der Waals surface area contributed by atoms with Crippen molar-refractivity contribution in [2.75, 3.05) is 7.11 Å². The molecule has 0 saturated carbocycles. The smallest absolute Gasteiger partial charge is 0.271 e. The maximum Gasteiger partial charge on any atom is 0.271 e. The largest absolute Gasteiger partial charge is 0.497 e. The Bertz CT molecular complexity index is 771. The van der Waals surface area contributed by atoms with Gasteiger partial charge in [0.15, 0.2) is 0 Å². The van der Waals surface area contributed by atoms with Gasteiger partial charge in [0.05, 0.1) is 19.6 Å². The Morgan fingerprint density at radius 1 is 1.08 bits per heavy atom. The molecule has 0 aliphatic rings. The van der Waals surface area contributed by atoms with Gasteiger partial charge in [-0.3, -0.25) is 9.59 Å². The Hall–Kier alpha value is -3.15. The van der Waals surface area contributed by atoms with Crippen molar-refractivity contribution >= 4 is 17.5 Å². The van der Waals surface area contributed by atoms with E-state index in [-0.39, 0.29) is 24.3 Å². The summed E-state index contributed by atoms with van der Waals surface area (Å²) in [6, 6.07) is 16.3. The predicted octanol–water partition coefficient (Wildman–Crippen LogP) is 3.07. The number of rotatable bonds is 7. The van der Waals surface area contributed by atoms with Crippen molar-refractivity contribution in [1.29, 1.82) is 0 Å². The van der Waals surface area contributed by atoms with Crippen molar-refractivity contribution in [2.45, 2.75) is 26.3 Å². The number of hydrogen-bond acceptors (Lipinski definition) is 4. The molecule has 26 heavy (non-hydrogen) atoms. The summed E-state index contributed by atoms with van der Waals surface area (Å²) in [5.41, 5.74) is 4.47. The van der Waals surface area contributed by atoms with E-state index in [0.29, 0.717) is 17.0 Å². The molecule has 0 aliphatic carbocycles. The van der Waals surface area contributed by atoms with Crippen LogP contribution in [0.5, 0.6) is 5.75 Å². The number of amides is 2. The van der Waals surface area contributed by atoms with E-state index in [1.54, 1.807) is 38.3 Å². The molecule has 2 aromatic carbocycles. The topological polar surface area (TPSA) is 79.8 Å². The number of nitrogens with zero attached hydrogens (tertiary/aromatic N) is 1. The zero-order chi connectivity index (χ0) is 18.9. The van der Waals surface area contributed by atoms with Gasteiger partial charge in [-0.05, 0) is 43.7 Å². The normalized spacial score (nSPS) is 12.2. The molecule has 0 aromatic heterocycles. The third-order valence-electron chi connectivity index (χ3n) is 3.79. The molecule has 6 heteroatoms. The van der Waals surface area contributed by atoms with Gasteiger partial charge in [0.2, 0.25) is 5.91 Å². The van der Waals surface area contributed by atoms with E-state index in [2.05, 4.69) is 15.8 Å². The van der Waals surface area contributed by atoms with E-state index < -0.39 is 0 Å². The molecule has 0 heterocycles. The number of carbonyl (C=O) groups excluding carboxylic acids is 2. The van der Waals surface area contributed by atoms with Crippen LogP contribution in [0.25, 0.3) is 0 Å². The highest BCUT2D eigenvalue weighted by atomic mass is 16.5. The van der Waals surface area contributed by atoms with E-state index >= 15 is 0 Å². The van der Waals surface area contributed by atoms with Crippen LogP contribution in [0.3, 0.4) is 0 Å². The van der Waals surface area contributed by atoms with Gasteiger partial charge >= 0.3 is 0 Å². The molecule has 136 valence electrons. The van der Waals surface area contributed by atoms with Crippen LogP contribution in [0, 0.1) is 0 Å². The molecule has 1 atom stereocenters. The molecule has 0 fully saturated rings. The fourth-order valence-electron chi connectivity index (χ4n) is 2.34. The van der Waals surface area contributed by atoms with E-state index in [1.165, 1.54) is 0 Å². The first-order valence-corrected chi connectivity index (χ1v) is 8.31. The number of methoxy groups -OCH3 is 1. The van der Waals surface area contributed by atoms with Crippen molar-refractivity contribution in [3.8, 4) is 5.75 Å². The summed E-state index contributed by atoms with van der Waals surface area (Å²) in [7, 11) is 1.56. The third-order valence-corrected chi connectivity index (χ3v) is 3.79. The van der Waals surface area contributed by atoms with E-state index in [9.17, 15) is 9.59 Å². The van der Waals surface area contributed by atoms with Gasteiger partial charge in [-0.2, -0.15) is 5.10 Å². The molecule has 2 N–H and O–H groups in total. The van der Waals surface area contributed by atoms with Crippen molar-refractivity contribution in [1.82, 2.24) is 10.7 Å². The lowest BCUT2D eigenvalue weighted by Crippen LogP contribution is -2.28. The molecular weight excluding hydrogens is 330 g/mol. The predicted molar refractivity (Wildman–Crippen MR) is 101 cm³/mol. The molecule has 0 spiro atoms. The number of benzene rings is 2. The summed E-state index contributed by atoms with van der Waals surface area (Å²) < 4.78 is 5.05. The Morgan fingerprint density at radius 2 is 1.73 bits per heavy atom. The van der Waals surface area contributed by atoms with Crippen LogP contribution in [0.2, 0.25) is 0 Å². The number of carbonyl (C=O) groups is 2. The summed E-state index contributed by atoms with van der Waals surface area (Å²) in [6.07, 6.45) is 0.111. The first kappa shape index (κ1) is 19.2. The zero-order valence-corrected chi connectivity index (χ0v) is 15.2. The number of hydrogen-bond donors (Lipinski definition) is 2.